The van der Waals surface area contributed by atoms with Crippen LogP contribution in [0.4, 0.5) is 0 Å². The van der Waals surface area contributed by atoms with Gasteiger partial charge in [-0.2, -0.15) is 0 Å². The first kappa shape index (κ1) is 14.3. The highest BCUT2D eigenvalue weighted by Crippen LogP contribution is 2.54. The summed E-state index contributed by atoms with van der Waals surface area (Å²) < 4.78 is 22.3. The summed E-state index contributed by atoms with van der Waals surface area (Å²) in [5.41, 5.74) is -0.607. The van der Waals surface area contributed by atoms with E-state index in [0.29, 0.717) is 26.2 Å². The Labute approximate surface area is 119 Å². The van der Waals surface area contributed by atoms with Crippen LogP contribution < -0.4 is 5.32 Å². The first-order valence-electron chi connectivity index (χ1n) is 7.19. The normalized spacial score (nSPS) is 39.0. The maximum absolute atomic E-state index is 12.2. The van der Waals surface area contributed by atoms with Crippen molar-refractivity contribution in [3.8, 4) is 0 Å². The summed E-state index contributed by atoms with van der Waals surface area (Å²) >= 11 is 0. The fraction of sp³-hybridized carbons (Fsp3) is 0.929. The Balaban J connectivity index is 1.81. The lowest BCUT2D eigenvalue weighted by atomic mass is 9.60. The number of piperidine rings is 1. The average Bonchev–Trinajstić information content (AvgIpc) is 2.85. The summed E-state index contributed by atoms with van der Waals surface area (Å²) in [6.07, 6.45) is 2.98. The van der Waals surface area contributed by atoms with E-state index in [1.54, 1.807) is 7.11 Å². The number of hydrogen-bond donors (Lipinski definition) is 1. The van der Waals surface area contributed by atoms with Gasteiger partial charge in [-0.15, -0.1) is 0 Å². The molecule has 1 aliphatic carbocycles. The lowest BCUT2D eigenvalue weighted by Crippen LogP contribution is -2.71. The van der Waals surface area contributed by atoms with Crippen LogP contribution in [0.3, 0.4) is 0 Å². The number of ether oxygens (including phenoxy) is 4. The van der Waals surface area contributed by atoms with Gasteiger partial charge in [-0.25, -0.2) is 0 Å². The van der Waals surface area contributed by atoms with Crippen molar-refractivity contribution < 1.29 is 23.7 Å². The number of methoxy groups -OCH3 is 1. The molecule has 1 N–H and O–H groups in total. The van der Waals surface area contributed by atoms with Gasteiger partial charge in [0.25, 0.3) is 0 Å². The third kappa shape index (κ3) is 2.15. The molecule has 0 unspecified atom stereocenters. The Morgan fingerprint density at radius 1 is 1.30 bits per heavy atom. The van der Waals surface area contributed by atoms with Crippen LogP contribution >= 0.6 is 0 Å². The topological polar surface area (TPSA) is 66.0 Å². The quantitative estimate of drug-likeness (QED) is 0.611. The van der Waals surface area contributed by atoms with Gasteiger partial charge >= 0.3 is 0 Å². The zero-order chi connectivity index (χ0) is 14.3. The number of carbonyl (C=O) groups excluding carboxylic acids is 1. The van der Waals surface area contributed by atoms with Gasteiger partial charge in [-0.05, 0) is 19.8 Å². The van der Waals surface area contributed by atoms with Crippen molar-refractivity contribution in [3.63, 3.8) is 0 Å². The number of amides is 1. The standard InChI is InChI=1S/C14H23NO5/c1-12-8-13(7-11(16)15-12,9-18-10-17-2)3-4-14(12)19-5-6-20-14/h3-10H2,1-2H3,(H,15,16)/t12-,13-/m1/s1. The van der Waals surface area contributed by atoms with Crippen LogP contribution in [0.25, 0.3) is 0 Å². The van der Waals surface area contributed by atoms with Crippen LogP contribution in [0, 0.1) is 5.41 Å². The predicted octanol–water partition coefficient (Wildman–Crippen LogP) is 0.799. The molecular weight excluding hydrogens is 262 g/mol. The third-order valence-corrected chi connectivity index (χ3v) is 4.87. The molecular formula is C14H23NO5. The molecule has 0 aromatic heterocycles. The number of hydrogen-bond acceptors (Lipinski definition) is 5. The molecule has 0 radical (unpaired) electrons. The molecule has 20 heavy (non-hydrogen) atoms. The van der Waals surface area contributed by atoms with Gasteiger partial charge in [-0.3, -0.25) is 4.79 Å². The highest BCUT2D eigenvalue weighted by Gasteiger charge is 2.63. The first-order valence-corrected chi connectivity index (χ1v) is 7.19. The van der Waals surface area contributed by atoms with Crippen molar-refractivity contribution in [1.82, 2.24) is 5.32 Å². The summed E-state index contributed by atoms with van der Waals surface area (Å²) in [5, 5.41) is 3.10. The molecule has 2 aliphatic heterocycles. The van der Waals surface area contributed by atoms with E-state index in [2.05, 4.69) is 5.32 Å². The van der Waals surface area contributed by atoms with Crippen molar-refractivity contribution in [2.75, 3.05) is 33.7 Å². The van der Waals surface area contributed by atoms with Gasteiger partial charge in [0.05, 0.1) is 25.4 Å². The minimum atomic E-state index is -0.659. The predicted molar refractivity (Wildman–Crippen MR) is 69.9 cm³/mol. The van der Waals surface area contributed by atoms with E-state index in [4.69, 9.17) is 18.9 Å². The van der Waals surface area contributed by atoms with Crippen molar-refractivity contribution in [2.24, 2.45) is 5.41 Å². The van der Waals surface area contributed by atoms with Crippen LogP contribution in [0.2, 0.25) is 0 Å². The Morgan fingerprint density at radius 2 is 2.05 bits per heavy atom. The van der Waals surface area contributed by atoms with Crippen LogP contribution in [0.1, 0.15) is 32.6 Å². The van der Waals surface area contributed by atoms with Crippen molar-refractivity contribution in [1.29, 1.82) is 0 Å². The van der Waals surface area contributed by atoms with Crippen LogP contribution in [0.15, 0.2) is 0 Å². The molecule has 3 aliphatic rings. The second-order valence-corrected chi connectivity index (χ2v) is 6.44. The molecule has 0 aromatic rings. The van der Waals surface area contributed by atoms with Crippen molar-refractivity contribution >= 4 is 5.91 Å². The monoisotopic (exact) mass is 285 g/mol. The van der Waals surface area contributed by atoms with E-state index < -0.39 is 11.3 Å². The summed E-state index contributed by atoms with van der Waals surface area (Å²) in [6, 6.07) is 0. The SMILES string of the molecule is COCOC[C@@]12CCC3(OCCO3)[C@@](C)(C1)NC(=O)C2. The molecule has 2 bridgehead atoms. The minimum absolute atomic E-state index is 0.0536. The lowest BCUT2D eigenvalue weighted by molar-refractivity contribution is -0.255. The van der Waals surface area contributed by atoms with E-state index in [1.807, 2.05) is 6.92 Å². The molecule has 2 atom stereocenters. The van der Waals surface area contributed by atoms with Gasteiger partial charge in [0.15, 0.2) is 5.79 Å². The summed E-state index contributed by atoms with van der Waals surface area (Å²) in [7, 11) is 1.60. The van der Waals surface area contributed by atoms with Crippen molar-refractivity contribution in [2.45, 2.75) is 43.9 Å². The van der Waals surface area contributed by atoms with Crippen LogP contribution in [0.5, 0.6) is 0 Å². The second kappa shape index (κ2) is 4.94. The van der Waals surface area contributed by atoms with Gasteiger partial charge in [-0.1, -0.05) is 0 Å². The van der Waals surface area contributed by atoms with Gasteiger partial charge in [0.2, 0.25) is 5.91 Å². The van der Waals surface area contributed by atoms with Crippen LogP contribution in [-0.4, -0.2) is 51.0 Å². The van der Waals surface area contributed by atoms with Gasteiger partial charge < -0.3 is 24.3 Å². The van der Waals surface area contributed by atoms with E-state index in [-0.39, 0.29) is 18.1 Å². The fourth-order valence-corrected chi connectivity index (χ4v) is 4.09. The maximum Gasteiger partial charge on any atom is 0.221 e. The third-order valence-electron chi connectivity index (χ3n) is 4.87. The molecule has 3 rings (SSSR count). The highest BCUT2D eigenvalue weighted by molar-refractivity contribution is 5.79. The lowest BCUT2D eigenvalue weighted by Gasteiger charge is -2.57. The number of carbonyl (C=O) groups is 1. The Hall–Kier alpha value is -0.690. The number of fused-ring (bicyclic) bond motifs is 3. The summed E-state index contributed by atoms with van der Waals surface area (Å²) in [4.78, 5) is 12.2. The molecule has 2 heterocycles. The highest BCUT2D eigenvalue weighted by atomic mass is 16.7. The van der Waals surface area contributed by atoms with E-state index in [1.165, 1.54) is 0 Å². The molecule has 114 valence electrons. The Morgan fingerprint density at radius 3 is 2.75 bits per heavy atom. The largest absolute Gasteiger partial charge is 0.359 e. The molecule has 3 fully saturated rings. The fourth-order valence-electron chi connectivity index (χ4n) is 4.09. The molecule has 1 saturated carbocycles. The average molecular weight is 285 g/mol. The Bertz CT molecular complexity index is 395. The van der Waals surface area contributed by atoms with E-state index >= 15 is 0 Å². The smallest absolute Gasteiger partial charge is 0.221 e. The molecule has 0 aromatic carbocycles. The zero-order valence-corrected chi connectivity index (χ0v) is 12.2. The molecule has 6 nitrogen and oxygen atoms in total. The molecule has 2 saturated heterocycles. The number of rotatable bonds is 4. The van der Waals surface area contributed by atoms with Gasteiger partial charge in [0, 0.05) is 25.4 Å². The second-order valence-electron chi connectivity index (χ2n) is 6.44. The number of nitrogens with one attached hydrogen (secondary N) is 1. The minimum Gasteiger partial charge on any atom is -0.359 e. The van der Waals surface area contributed by atoms with E-state index in [9.17, 15) is 4.79 Å². The zero-order valence-electron chi connectivity index (χ0n) is 12.2. The summed E-state index contributed by atoms with van der Waals surface area (Å²) in [5.74, 6) is -0.605. The Kier molecular flexibility index (Phi) is 3.52. The van der Waals surface area contributed by atoms with E-state index in [0.717, 1.165) is 19.3 Å². The molecule has 1 spiro atoms. The molecule has 1 amide bonds. The molecule has 6 heteroatoms. The maximum atomic E-state index is 12.2. The van der Waals surface area contributed by atoms with Crippen LogP contribution in [-0.2, 0) is 23.7 Å². The summed E-state index contributed by atoms with van der Waals surface area (Å²) in [6.45, 7) is 4.02. The van der Waals surface area contributed by atoms with Crippen molar-refractivity contribution in [3.05, 3.63) is 0 Å². The first-order chi connectivity index (χ1) is 9.53. The van der Waals surface area contributed by atoms with Gasteiger partial charge in [0.1, 0.15) is 6.79 Å².